The first-order valence-electron chi connectivity index (χ1n) is 12.4. The Morgan fingerprint density at radius 2 is 1.89 bits per heavy atom. The maximum absolute atomic E-state index is 14.2. The second-order valence-corrected chi connectivity index (χ2v) is 10.2. The molecule has 9 heteroatoms. The van der Waals surface area contributed by atoms with E-state index in [4.69, 9.17) is 9.47 Å². The van der Waals surface area contributed by atoms with E-state index in [1.807, 2.05) is 40.7 Å². The van der Waals surface area contributed by atoms with Gasteiger partial charge in [-0.1, -0.05) is 0 Å². The van der Waals surface area contributed by atoms with Gasteiger partial charge in [-0.25, -0.2) is 9.18 Å². The maximum atomic E-state index is 14.2. The van der Waals surface area contributed by atoms with E-state index in [2.05, 4.69) is 15.6 Å². The molecule has 1 atom stereocenters. The molecule has 1 fully saturated rings. The molecule has 8 nitrogen and oxygen atoms in total. The quantitative estimate of drug-likeness (QED) is 0.565. The largest absolute Gasteiger partial charge is 0.493 e. The average Bonchev–Trinajstić information content (AvgIpc) is 3.28. The predicted octanol–water partition coefficient (Wildman–Crippen LogP) is 4.49. The van der Waals surface area contributed by atoms with Crippen molar-refractivity contribution in [3.63, 3.8) is 0 Å². The van der Waals surface area contributed by atoms with Crippen LogP contribution in [0.4, 0.5) is 9.18 Å². The van der Waals surface area contributed by atoms with Crippen molar-refractivity contribution < 1.29 is 23.5 Å². The lowest BCUT2D eigenvalue weighted by atomic mass is 9.90. The number of fused-ring (bicyclic) bond motifs is 1. The van der Waals surface area contributed by atoms with E-state index in [1.54, 1.807) is 17.2 Å². The summed E-state index contributed by atoms with van der Waals surface area (Å²) in [4.78, 5) is 30.6. The molecule has 1 aromatic heterocycles. The van der Waals surface area contributed by atoms with E-state index in [-0.39, 0.29) is 29.9 Å². The fourth-order valence-corrected chi connectivity index (χ4v) is 4.74. The molecule has 4 rings (SSSR count). The van der Waals surface area contributed by atoms with Crippen molar-refractivity contribution in [2.75, 3.05) is 19.7 Å². The maximum Gasteiger partial charge on any atom is 0.410 e. The molecule has 3 heterocycles. The average molecular weight is 499 g/mol. The predicted molar refractivity (Wildman–Crippen MR) is 135 cm³/mol. The Bertz CT molecular complexity index is 1160. The Labute approximate surface area is 211 Å². The van der Waals surface area contributed by atoms with Gasteiger partial charge in [-0.2, -0.15) is 0 Å². The van der Waals surface area contributed by atoms with Crippen molar-refractivity contribution in [3.8, 4) is 5.75 Å². The molecule has 1 unspecified atom stereocenters. The van der Waals surface area contributed by atoms with Crippen LogP contribution in [0.2, 0.25) is 0 Å². The van der Waals surface area contributed by atoms with Crippen molar-refractivity contribution >= 4 is 17.6 Å². The lowest BCUT2D eigenvalue weighted by Crippen LogP contribution is -2.48. The number of halogens is 1. The summed E-state index contributed by atoms with van der Waals surface area (Å²) in [5.41, 5.74) is 2.89. The van der Waals surface area contributed by atoms with Gasteiger partial charge in [-0.05, 0) is 71.7 Å². The molecule has 36 heavy (non-hydrogen) atoms. The number of nitrogens with zero attached hydrogens (tertiary/aromatic N) is 1. The minimum absolute atomic E-state index is 0.0552. The number of aromatic nitrogens is 1. The first kappa shape index (κ1) is 25.6. The van der Waals surface area contributed by atoms with Gasteiger partial charge in [0.2, 0.25) is 0 Å². The van der Waals surface area contributed by atoms with Crippen molar-refractivity contribution in [1.29, 1.82) is 0 Å². The molecule has 2 aliphatic rings. The van der Waals surface area contributed by atoms with E-state index < -0.39 is 5.60 Å². The highest BCUT2D eigenvalue weighted by Gasteiger charge is 2.34. The van der Waals surface area contributed by atoms with Crippen molar-refractivity contribution in [3.05, 3.63) is 58.8 Å². The number of carbonyl (C=O) groups excluding carboxylic acids is 2. The van der Waals surface area contributed by atoms with E-state index in [0.29, 0.717) is 60.8 Å². The van der Waals surface area contributed by atoms with E-state index in [9.17, 15) is 14.0 Å². The first-order chi connectivity index (χ1) is 17.1. The molecule has 1 saturated heterocycles. The van der Waals surface area contributed by atoms with E-state index in [0.717, 1.165) is 5.56 Å². The number of likely N-dealkylation sites (tertiary alicyclic amines) is 1. The molecule has 1 aromatic carbocycles. The summed E-state index contributed by atoms with van der Waals surface area (Å²) in [5, 5.41) is 6.53. The third-order valence-corrected chi connectivity index (χ3v) is 6.37. The minimum atomic E-state index is -0.541. The van der Waals surface area contributed by atoms with Gasteiger partial charge in [0, 0.05) is 42.2 Å². The van der Waals surface area contributed by atoms with Crippen LogP contribution in [-0.2, 0) is 9.53 Å². The Kier molecular flexibility index (Phi) is 7.28. The molecule has 0 bridgehead atoms. The van der Waals surface area contributed by atoms with E-state index >= 15 is 0 Å². The van der Waals surface area contributed by atoms with Crippen LogP contribution in [0.1, 0.15) is 70.3 Å². The summed E-state index contributed by atoms with van der Waals surface area (Å²) < 4.78 is 25.4. The topological polar surface area (TPSA) is 95.7 Å². The number of H-pyrrole nitrogens is 1. The Morgan fingerprint density at radius 1 is 1.17 bits per heavy atom. The van der Waals surface area contributed by atoms with Gasteiger partial charge >= 0.3 is 6.09 Å². The standard InChI is InChI=1S/C27H35FN4O4/c1-6-35-21-8-7-17(28)15-20(21)23-19-9-12-29-24(19)22(16(2)30-23)25(33)31-18-10-13-32(14-11-18)26(34)36-27(3,4)5/h7-9,12,15,18,23,29-30H,6,10-11,13-14H2,1-5H3,(H,31,33). The monoisotopic (exact) mass is 498 g/mol. The van der Waals surface area contributed by atoms with Gasteiger partial charge in [0.15, 0.2) is 0 Å². The zero-order valence-corrected chi connectivity index (χ0v) is 21.5. The van der Waals surface area contributed by atoms with E-state index in [1.165, 1.54) is 12.1 Å². The molecule has 2 amide bonds. The van der Waals surface area contributed by atoms with Crippen molar-refractivity contribution in [2.45, 2.75) is 65.1 Å². The van der Waals surface area contributed by atoms with Crippen LogP contribution in [0.3, 0.4) is 0 Å². The Hall–Kier alpha value is -3.49. The smallest absolute Gasteiger partial charge is 0.410 e. The first-order valence-corrected chi connectivity index (χ1v) is 12.4. The number of piperidine rings is 1. The highest BCUT2D eigenvalue weighted by atomic mass is 19.1. The fraction of sp³-hybridized carbons (Fsp3) is 0.481. The Morgan fingerprint density at radius 3 is 2.56 bits per heavy atom. The van der Waals surface area contributed by atoms with Crippen LogP contribution in [0, 0.1) is 5.82 Å². The number of nitrogens with one attached hydrogen (secondary N) is 3. The number of hydrogen-bond donors (Lipinski definition) is 3. The lowest BCUT2D eigenvalue weighted by molar-refractivity contribution is -0.116. The number of carbonyl (C=O) groups is 2. The molecule has 0 saturated carbocycles. The van der Waals surface area contributed by atoms with Crippen LogP contribution >= 0.6 is 0 Å². The summed E-state index contributed by atoms with van der Waals surface area (Å²) >= 11 is 0. The number of aromatic amines is 1. The van der Waals surface area contributed by atoms with Gasteiger partial charge in [-0.3, -0.25) is 4.79 Å². The molecular formula is C27H35FN4O4. The summed E-state index contributed by atoms with van der Waals surface area (Å²) in [6.45, 7) is 10.8. The lowest BCUT2D eigenvalue weighted by Gasteiger charge is -2.34. The third-order valence-electron chi connectivity index (χ3n) is 6.37. The molecule has 0 aliphatic carbocycles. The van der Waals surface area contributed by atoms with Crippen LogP contribution in [0.15, 0.2) is 36.2 Å². The van der Waals surface area contributed by atoms with Crippen molar-refractivity contribution in [1.82, 2.24) is 20.5 Å². The van der Waals surface area contributed by atoms with Crippen LogP contribution in [-0.4, -0.2) is 53.2 Å². The normalized spacial score (nSPS) is 18.4. The highest BCUT2D eigenvalue weighted by Crippen LogP contribution is 2.39. The SMILES string of the molecule is CCOc1ccc(F)cc1C1NC(C)=C(C(=O)NC2CCN(C(=O)OC(C)(C)C)CC2)c2[nH]ccc21. The second kappa shape index (κ2) is 10.2. The van der Waals surface area contributed by atoms with Crippen molar-refractivity contribution in [2.24, 2.45) is 0 Å². The van der Waals surface area contributed by atoms with Crippen LogP contribution < -0.4 is 15.4 Å². The highest BCUT2D eigenvalue weighted by molar-refractivity contribution is 6.20. The number of amides is 2. The van der Waals surface area contributed by atoms with Gasteiger partial charge < -0.3 is 30.0 Å². The Balaban J connectivity index is 1.48. The van der Waals surface area contributed by atoms with Gasteiger partial charge in [-0.15, -0.1) is 0 Å². The zero-order chi connectivity index (χ0) is 26.0. The fourth-order valence-electron chi connectivity index (χ4n) is 4.74. The van der Waals surface area contributed by atoms with Crippen LogP contribution in [0.25, 0.3) is 5.57 Å². The van der Waals surface area contributed by atoms with Crippen LogP contribution in [0.5, 0.6) is 5.75 Å². The molecular weight excluding hydrogens is 463 g/mol. The second-order valence-electron chi connectivity index (χ2n) is 10.2. The number of allylic oxidation sites excluding steroid dienone is 1. The summed E-state index contributed by atoms with van der Waals surface area (Å²) in [5.74, 6) is 0.0541. The molecule has 0 radical (unpaired) electrons. The molecule has 0 spiro atoms. The number of ether oxygens (including phenoxy) is 2. The zero-order valence-electron chi connectivity index (χ0n) is 21.5. The molecule has 3 N–H and O–H groups in total. The summed E-state index contributed by atoms with van der Waals surface area (Å²) in [6.07, 6.45) is 2.75. The molecule has 2 aliphatic heterocycles. The van der Waals surface area contributed by atoms with Gasteiger partial charge in [0.05, 0.1) is 23.9 Å². The van der Waals surface area contributed by atoms with Gasteiger partial charge in [0.1, 0.15) is 17.2 Å². The van der Waals surface area contributed by atoms with Gasteiger partial charge in [0.25, 0.3) is 5.91 Å². The number of rotatable bonds is 5. The third kappa shape index (κ3) is 5.50. The number of hydrogen-bond acceptors (Lipinski definition) is 5. The minimum Gasteiger partial charge on any atom is -0.493 e. The number of benzene rings is 1. The summed E-state index contributed by atoms with van der Waals surface area (Å²) in [6, 6.07) is 5.96. The molecule has 2 aromatic rings. The molecule has 194 valence electrons. The summed E-state index contributed by atoms with van der Waals surface area (Å²) in [7, 11) is 0.